The molecule has 0 spiro atoms. The van der Waals surface area contributed by atoms with Crippen LogP contribution in [0.3, 0.4) is 0 Å². The third kappa shape index (κ3) is 4.06. The van der Waals surface area contributed by atoms with Crippen LogP contribution >= 0.6 is 0 Å². The molecule has 0 saturated carbocycles. The Bertz CT molecular complexity index is 440. The van der Waals surface area contributed by atoms with E-state index >= 15 is 0 Å². The minimum atomic E-state index is -0.0947. The van der Waals surface area contributed by atoms with Crippen LogP contribution in [0.25, 0.3) is 0 Å². The van der Waals surface area contributed by atoms with Crippen LogP contribution in [0, 0.1) is 19.8 Å². The van der Waals surface area contributed by atoms with Gasteiger partial charge in [-0.05, 0) is 39.2 Å². The highest BCUT2D eigenvalue weighted by Gasteiger charge is 2.19. The standard InChI is InChI=1S/C14H25N3O2/c1-9(14(19)15-10(2)6-7-18)8-13-11(3)16-17(5)12(13)4/h9-10,18H,6-8H2,1-5H3,(H,15,19). The van der Waals surface area contributed by atoms with Gasteiger partial charge in [-0.2, -0.15) is 5.10 Å². The first-order valence-corrected chi connectivity index (χ1v) is 6.77. The molecule has 0 saturated heterocycles. The first kappa shape index (κ1) is 15.7. The molecule has 1 aromatic heterocycles. The monoisotopic (exact) mass is 267 g/mol. The van der Waals surface area contributed by atoms with Crippen molar-refractivity contribution in [1.82, 2.24) is 15.1 Å². The summed E-state index contributed by atoms with van der Waals surface area (Å²) < 4.78 is 1.85. The summed E-state index contributed by atoms with van der Waals surface area (Å²) in [6.45, 7) is 7.92. The van der Waals surface area contributed by atoms with Crippen LogP contribution in [0.15, 0.2) is 0 Å². The zero-order chi connectivity index (χ0) is 14.6. The second kappa shape index (κ2) is 6.70. The molecule has 1 amide bonds. The number of nitrogens with one attached hydrogen (secondary N) is 1. The summed E-state index contributed by atoms with van der Waals surface area (Å²) in [5.41, 5.74) is 3.25. The van der Waals surface area contributed by atoms with E-state index in [2.05, 4.69) is 10.4 Å². The van der Waals surface area contributed by atoms with Crippen LogP contribution in [0.5, 0.6) is 0 Å². The molecule has 0 aliphatic carbocycles. The van der Waals surface area contributed by atoms with Gasteiger partial charge in [-0.25, -0.2) is 0 Å². The molecule has 0 aliphatic heterocycles. The van der Waals surface area contributed by atoms with E-state index in [1.54, 1.807) is 0 Å². The van der Waals surface area contributed by atoms with Crippen LogP contribution in [0.4, 0.5) is 0 Å². The highest BCUT2D eigenvalue weighted by Crippen LogP contribution is 2.17. The molecule has 0 bridgehead atoms. The fourth-order valence-electron chi connectivity index (χ4n) is 2.16. The second-order valence-corrected chi connectivity index (χ2v) is 5.30. The maximum Gasteiger partial charge on any atom is 0.223 e. The molecular weight excluding hydrogens is 242 g/mol. The number of aliphatic hydroxyl groups is 1. The van der Waals surface area contributed by atoms with Gasteiger partial charge in [0, 0.05) is 31.3 Å². The van der Waals surface area contributed by atoms with E-state index in [1.807, 2.05) is 39.4 Å². The molecule has 1 heterocycles. The number of hydrogen-bond acceptors (Lipinski definition) is 3. The van der Waals surface area contributed by atoms with Crippen molar-refractivity contribution in [3.8, 4) is 0 Å². The molecule has 0 aliphatic rings. The minimum absolute atomic E-state index is 0.0102. The number of aliphatic hydroxyl groups excluding tert-OH is 1. The maximum absolute atomic E-state index is 12.0. The maximum atomic E-state index is 12.0. The number of rotatable bonds is 6. The smallest absolute Gasteiger partial charge is 0.223 e. The molecule has 5 heteroatoms. The third-order valence-corrected chi connectivity index (χ3v) is 3.57. The Labute approximate surface area is 115 Å². The lowest BCUT2D eigenvalue weighted by molar-refractivity contribution is -0.125. The van der Waals surface area contributed by atoms with Gasteiger partial charge in [-0.1, -0.05) is 6.92 Å². The number of nitrogens with zero attached hydrogens (tertiary/aromatic N) is 2. The Balaban J connectivity index is 2.64. The Kier molecular flexibility index (Phi) is 5.54. The highest BCUT2D eigenvalue weighted by atomic mass is 16.3. The summed E-state index contributed by atoms with van der Waals surface area (Å²) in [5, 5.41) is 16.1. The molecular formula is C14H25N3O2. The minimum Gasteiger partial charge on any atom is -0.396 e. The van der Waals surface area contributed by atoms with Crippen LogP contribution < -0.4 is 5.32 Å². The van der Waals surface area contributed by atoms with Crippen molar-refractivity contribution in [2.45, 2.75) is 46.6 Å². The second-order valence-electron chi connectivity index (χ2n) is 5.30. The summed E-state index contributed by atoms with van der Waals surface area (Å²) in [4.78, 5) is 12.0. The van der Waals surface area contributed by atoms with Gasteiger partial charge >= 0.3 is 0 Å². The van der Waals surface area contributed by atoms with E-state index in [1.165, 1.54) is 0 Å². The van der Waals surface area contributed by atoms with E-state index in [9.17, 15) is 4.79 Å². The van der Waals surface area contributed by atoms with Gasteiger partial charge in [0.25, 0.3) is 0 Å². The van der Waals surface area contributed by atoms with E-state index < -0.39 is 0 Å². The fraction of sp³-hybridized carbons (Fsp3) is 0.714. The Morgan fingerprint density at radius 3 is 2.53 bits per heavy atom. The molecule has 19 heavy (non-hydrogen) atoms. The van der Waals surface area contributed by atoms with Gasteiger partial charge in [-0.15, -0.1) is 0 Å². The van der Waals surface area contributed by atoms with Crippen LogP contribution in [0.1, 0.15) is 37.2 Å². The molecule has 2 atom stereocenters. The molecule has 108 valence electrons. The van der Waals surface area contributed by atoms with Crippen molar-refractivity contribution < 1.29 is 9.90 Å². The predicted molar refractivity (Wildman–Crippen MR) is 74.9 cm³/mol. The van der Waals surface area contributed by atoms with Crippen molar-refractivity contribution in [2.24, 2.45) is 13.0 Å². The third-order valence-electron chi connectivity index (χ3n) is 3.57. The van der Waals surface area contributed by atoms with Gasteiger partial charge in [0.2, 0.25) is 5.91 Å². The molecule has 2 N–H and O–H groups in total. The first-order valence-electron chi connectivity index (χ1n) is 6.77. The van der Waals surface area contributed by atoms with Gasteiger partial charge < -0.3 is 10.4 Å². The summed E-state index contributed by atoms with van der Waals surface area (Å²) >= 11 is 0. The van der Waals surface area contributed by atoms with E-state index in [4.69, 9.17) is 5.11 Å². The molecule has 0 radical (unpaired) electrons. The van der Waals surface area contributed by atoms with Crippen LogP contribution in [0.2, 0.25) is 0 Å². The van der Waals surface area contributed by atoms with Crippen molar-refractivity contribution in [3.05, 3.63) is 17.0 Å². The molecule has 1 aromatic rings. The highest BCUT2D eigenvalue weighted by molar-refractivity contribution is 5.78. The quantitative estimate of drug-likeness (QED) is 0.811. The fourth-order valence-corrected chi connectivity index (χ4v) is 2.16. The van der Waals surface area contributed by atoms with Gasteiger partial charge in [-0.3, -0.25) is 9.48 Å². The number of aryl methyl sites for hydroxylation is 2. The summed E-state index contributed by atoms with van der Waals surface area (Å²) in [5.74, 6) is -0.0636. The summed E-state index contributed by atoms with van der Waals surface area (Å²) in [6, 6.07) is 0.0102. The molecule has 0 fully saturated rings. The molecule has 2 unspecified atom stereocenters. The van der Waals surface area contributed by atoms with Crippen molar-refractivity contribution in [3.63, 3.8) is 0 Å². The topological polar surface area (TPSA) is 67.2 Å². The van der Waals surface area contributed by atoms with Crippen molar-refractivity contribution >= 4 is 5.91 Å². The van der Waals surface area contributed by atoms with Crippen molar-refractivity contribution in [1.29, 1.82) is 0 Å². The Morgan fingerprint density at radius 2 is 2.05 bits per heavy atom. The Morgan fingerprint density at radius 1 is 1.42 bits per heavy atom. The van der Waals surface area contributed by atoms with Crippen LogP contribution in [-0.4, -0.2) is 33.4 Å². The number of carbonyl (C=O) groups excluding carboxylic acids is 1. The zero-order valence-corrected chi connectivity index (χ0v) is 12.5. The van der Waals surface area contributed by atoms with Gasteiger partial charge in [0.15, 0.2) is 0 Å². The lowest BCUT2D eigenvalue weighted by Crippen LogP contribution is -2.37. The number of hydrogen-bond donors (Lipinski definition) is 2. The number of carbonyl (C=O) groups is 1. The molecule has 1 rings (SSSR count). The number of aromatic nitrogens is 2. The number of amides is 1. The lowest BCUT2D eigenvalue weighted by Gasteiger charge is -2.17. The largest absolute Gasteiger partial charge is 0.396 e. The molecule has 5 nitrogen and oxygen atoms in total. The Hall–Kier alpha value is -1.36. The lowest BCUT2D eigenvalue weighted by atomic mass is 9.98. The molecule has 0 aromatic carbocycles. The normalized spacial score (nSPS) is 14.2. The average Bonchev–Trinajstić information content (AvgIpc) is 2.56. The van der Waals surface area contributed by atoms with Crippen molar-refractivity contribution in [2.75, 3.05) is 6.61 Å². The predicted octanol–water partition coefficient (Wildman–Crippen LogP) is 1.10. The van der Waals surface area contributed by atoms with E-state index in [0.29, 0.717) is 12.8 Å². The average molecular weight is 267 g/mol. The van der Waals surface area contributed by atoms with Crippen LogP contribution in [-0.2, 0) is 18.3 Å². The summed E-state index contributed by atoms with van der Waals surface area (Å²) in [6.07, 6.45) is 1.28. The zero-order valence-electron chi connectivity index (χ0n) is 12.5. The van der Waals surface area contributed by atoms with Gasteiger partial charge in [0.05, 0.1) is 5.69 Å². The first-order chi connectivity index (χ1) is 8.86. The van der Waals surface area contributed by atoms with Gasteiger partial charge in [0.1, 0.15) is 0 Å². The van der Waals surface area contributed by atoms with E-state index in [-0.39, 0.29) is 24.5 Å². The van der Waals surface area contributed by atoms with E-state index in [0.717, 1.165) is 17.0 Å². The SMILES string of the molecule is Cc1nn(C)c(C)c1CC(C)C(=O)NC(C)CCO. The summed E-state index contributed by atoms with van der Waals surface area (Å²) in [7, 11) is 1.92.